The van der Waals surface area contributed by atoms with Crippen LogP contribution in [0, 0.1) is 18.8 Å². The van der Waals surface area contributed by atoms with E-state index in [9.17, 15) is 14.4 Å². The topological polar surface area (TPSA) is 88.1 Å². The van der Waals surface area contributed by atoms with Gasteiger partial charge in [0.1, 0.15) is 17.2 Å². The fraction of sp³-hybridized carbons (Fsp3) is 0.194. The molecule has 0 bridgehead atoms. The third-order valence-electron chi connectivity index (χ3n) is 5.32. The number of unbranched alkanes of at least 4 members (excludes halogenated alkanes) is 1. The number of hydrogen-bond donors (Lipinski definition) is 0. The molecule has 0 fully saturated rings. The summed E-state index contributed by atoms with van der Waals surface area (Å²) in [6, 6.07) is 16.0. The number of aryl methyl sites for hydroxylation is 1. The molecule has 39 heavy (non-hydrogen) atoms. The van der Waals surface area contributed by atoms with Crippen LogP contribution < -0.4 is 14.2 Å². The van der Waals surface area contributed by atoms with Crippen molar-refractivity contribution in [2.45, 2.75) is 26.7 Å². The third-order valence-corrected chi connectivity index (χ3v) is 5.64. The van der Waals surface area contributed by atoms with E-state index in [1.54, 1.807) is 49.4 Å². The maximum atomic E-state index is 12.7. The fourth-order valence-electron chi connectivity index (χ4n) is 3.36. The maximum absolute atomic E-state index is 12.7. The molecule has 0 spiro atoms. The molecule has 0 aliphatic rings. The Hall–Kier alpha value is -4.54. The van der Waals surface area contributed by atoms with Gasteiger partial charge in [0.2, 0.25) is 0 Å². The van der Waals surface area contributed by atoms with Crippen molar-refractivity contribution in [3.05, 3.63) is 101 Å². The molecule has 200 valence electrons. The van der Waals surface area contributed by atoms with Crippen LogP contribution >= 0.6 is 11.6 Å². The summed E-state index contributed by atoms with van der Waals surface area (Å²) in [5, 5.41) is 0.0814. The quantitative estimate of drug-likeness (QED) is 0.0910. The molecule has 0 atom stereocenters. The predicted octanol–water partition coefficient (Wildman–Crippen LogP) is 6.35. The molecule has 0 saturated heterocycles. The lowest BCUT2D eigenvalue weighted by atomic mass is 10.1. The fourth-order valence-corrected chi connectivity index (χ4v) is 3.61. The first-order valence-electron chi connectivity index (χ1n) is 12.1. The van der Waals surface area contributed by atoms with E-state index in [0.717, 1.165) is 17.2 Å². The van der Waals surface area contributed by atoms with Gasteiger partial charge in [0.15, 0.2) is 0 Å². The van der Waals surface area contributed by atoms with E-state index < -0.39 is 17.9 Å². The second-order valence-corrected chi connectivity index (χ2v) is 8.63. The highest BCUT2D eigenvalue weighted by Crippen LogP contribution is 2.26. The van der Waals surface area contributed by atoms with E-state index in [2.05, 4.69) is 18.4 Å². The minimum absolute atomic E-state index is 0.0814. The molecule has 0 radical (unpaired) electrons. The van der Waals surface area contributed by atoms with E-state index in [1.807, 2.05) is 6.92 Å². The van der Waals surface area contributed by atoms with Crippen LogP contribution in [0.4, 0.5) is 0 Å². The van der Waals surface area contributed by atoms with Crippen molar-refractivity contribution in [3.8, 4) is 29.1 Å². The Labute approximate surface area is 232 Å². The molecule has 0 amide bonds. The number of ether oxygens (including phenoxy) is 4. The highest BCUT2D eigenvalue weighted by atomic mass is 35.5. The molecule has 7 nitrogen and oxygen atoms in total. The third kappa shape index (κ3) is 8.77. The van der Waals surface area contributed by atoms with Gasteiger partial charge >= 0.3 is 17.9 Å². The van der Waals surface area contributed by atoms with Crippen LogP contribution in [0.3, 0.4) is 0 Å². The Bertz CT molecular complexity index is 1420. The first kappa shape index (κ1) is 29.0. The summed E-state index contributed by atoms with van der Waals surface area (Å²) in [5.41, 5.74) is 2.02. The number of carbonyl (C=O) groups is 3. The van der Waals surface area contributed by atoms with Gasteiger partial charge in [-0.3, -0.25) is 0 Å². The molecule has 0 aromatic heterocycles. The van der Waals surface area contributed by atoms with Crippen molar-refractivity contribution >= 4 is 29.5 Å². The molecular formula is C31H27ClO7. The number of carbonyl (C=O) groups excluding carboxylic acids is 3. The molecule has 3 aromatic rings. The average Bonchev–Trinajstić information content (AvgIpc) is 2.92. The van der Waals surface area contributed by atoms with Crippen molar-refractivity contribution in [1.82, 2.24) is 0 Å². The molecule has 0 N–H and O–H groups in total. The van der Waals surface area contributed by atoms with Crippen LogP contribution in [0.25, 0.3) is 0 Å². The van der Waals surface area contributed by atoms with Gasteiger partial charge in [0, 0.05) is 17.7 Å². The zero-order chi connectivity index (χ0) is 28.2. The lowest BCUT2D eigenvalue weighted by molar-refractivity contribution is -0.137. The Morgan fingerprint density at radius 2 is 1.59 bits per heavy atom. The largest absolute Gasteiger partial charge is 0.493 e. The lowest BCUT2D eigenvalue weighted by Crippen LogP contribution is -2.11. The second-order valence-electron chi connectivity index (χ2n) is 8.23. The summed E-state index contributed by atoms with van der Waals surface area (Å²) in [5.74, 6) is 5.20. The Morgan fingerprint density at radius 1 is 0.897 bits per heavy atom. The Kier molecular flexibility index (Phi) is 10.7. The highest BCUT2D eigenvalue weighted by molar-refractivity contribution is 6.33. The van der Waals surface area contributed by atoms with E-state index in [4.69, 9.17) is 30.5 Å². The first-order chi connectivity index (χ1) is 18.8. The van der Waals surface area contributed by atoms with Crippen molar-refractivity contribution in [3.63, 3.8) is 0 Å². The highest BCUT2D eigenvalue weighted by Gasteiger charge is 2.16. The van der Waals surface area contributed by atoms with Gasteiger partial charge in [0.05, 0.1) is 29.4 Å². The number of benzene rings is 3. The number of halogens is 1. The van der Waals surface area contributed by atoms with Gasteiger partial charge in [-0.2, -0.15) is 0 Å². The first-order valence-corrected chi connectivity index (χ1v) is 12.5. The molecule has 0 saturated carbocycles. The minimum atomic E-state index is -0.642. The van der Waals surface area contributed by atoms with Gasteiger partial charge in [0.25, 0.3) is 0 Å². The van der Waals surface area contributed by atoms with Crippen LogP contribution in [0.15, 0.2) is 73.3 Å². The van der Waals surface area contributed by atoms with Crippen molar-refractivity contribution in [2.24, 2.45) is 0 Å². The van der Waals surface area contributed by atoms with Crippen LogP contribution in [0.5, 0.6) is 17.2 Å². The summed E-state index contributed by atoms with van der Waals surface area (Å²) in [7, 11) is 0. The summed E-state index contributed by atoms with van der Waals surface area (Å²) in [6.07, 6.45) is 2.47. The van der Waals surface area contributed by atoms with E-state index >= 15 is 0 Å². The smallest absolute Gasteiger partial charge is 0.345 e. The van der Waals surface area contributed by atoms with Gasteiger partial charge < -0.3 is 18.9 Å². The summed E-state index contributed by atoms with van der Waals surface area (Å²) < 4.78 is 21.5. The van der Waals surface area contributed by atoms with Crippen molar-refractivity contribution in [1.29, 1.82) is 0 Å². The van der Waals surface area contributed by atoms with Gasteiger partial charge in [-0.05, 0) is 86.8 Å². The van der Waals surface area contributed by atoms with Crippen LogP contribution in [-0.4, -0.2) is 31.1 Å². The average molecular weight is 547 g/mol. The lowest BCUT2D eigenvalue weighted by Gasteiger charge is -2.11. The monoisotopic (exact) mass is 546 g/mol. The molecular weight excluding hydrogens is 520 g/mol. The van der Waals surface area contributed by atoms with E-state index in [-0.39, 0.29) is 16.3 Å². The summed E-state index contributed by atoms with van der Waals surface area (Å²) in [4.78, 5) is 36.3. The number of hydrogen-bond acceptors (Lipinski definition) is 7. The normalized spacial score (nSPS) is 10.0. The SMILES string of the molecule is C=CC(=O)OCCCCOc1ccc(C(=O)Oc2ccc(C(=O)Oc3ccc(C#CC)cc3)c(Cl)c2)cc1C. The van der Waals surface area contributed by atoms with Crippen LogP contribution in [0.2, 0.25) is 5.02 Å². The van der Waals surface area contributed by atoms with Gasteiger partial charge in [-0.1, -0.05) is 24.1 Å². The molecule has 0 aliphatic carbocycles. The molecule has 3 rings (SSSR count). The molecule has 8 heteroatoms. The van der Waals surface area contributed by atoms with Crippen molar-refractivity contribution < 1.29 is 33.3 Å². The summed E-state index contributed by atoms with van der Waals surface area (Å²) >= 11 is 6.28. The minimum Gasteiger partial charge on any atom is -0.493 e. The molecule has 0 heterocycles. The number of esters is 3. The predicted molar refractivity (Wildman–Crippen MR) is 147 cm³/mol. The zero-order valence-electron chi connectivity index (χ0n) is 21.6. The Balaban J connectivity index is 1.54. The van der Waals surface area contributed by atoms with Crippen molar-refractivity contribution in [2.75, 3.05) is 13.2 Å². The standard InChI is InChI=1S/C31H27ClO7/c1-4-8-22-9-12-24(13-10-22)38-31(35)26-15-14-25(20-27(26)32)39-30(34)23-11-16-28(21(3)19-23)36-17-6-7-18-37-29(33)5-2/h5,9-16,19-20H,2,6-7,17-18H2,1,3H3. The van der Waals surface area contributed by atoms with E-state index in [1.165, 1.54) is 18.2 Å². The van der Waals surface area contributed by atoms with Crippen LogP contribution in [-0.2, 0) is 9.53 Å². The second kappa shape index (κ2) is 14.4. The van der Waals surface area contributed by atoms with E-state index in [0.29, 0.717) is 43.1 Å². The maximum Gasteiger partial charge on any atom is 0.345 e. The Morgan fingerprint density at radius 3 is 2.26 bits per heavy atom. The number of rotatable bonds is 11. The molecule has 0 aliphatic heterocycles. The molecule has 0 unspecified atom stereocenters. The van der Waals surface area contributed by atoms with Gasteiger partial charge in [-0.25, -0.2) is 14.4 Å². The zero-order valence-corrected chi connectivity index (χ0v) is 22.4. The van der Waals surface area contributed by atoms with Gasteiger partial charge in [-0.15, -0.1) is 5.92 Å². The summed E-state index contributed by atoms with van der Waals surface area (Å²) in [6.45, 7) is 7.63. The van der Waals surface area contributed by atoms with Crippen LogP contribution in [0.1, 0.15) is 51.6 Å². The molecule has 3 aromatic carbocycles.